The molecule has 0 bridgehead atoms. The second-order valence-corrected chi connectivity index (χ2v) is 8.18. The minimum atomic E-state index is 0.0272. The molecule has 1 aromatic carbocycles. The van der Waals surface area contributed by atoms with E-state index >= 15 is 0 Å². The summed E-state index contributed by atoms with van der Waals surface area (Å²) in [7, 11) is 1.67. The summed E-state index contributed by atoms with van der Waals surface area (Å²) in [5.41, 5.74) is 1.70. The van der Waals surface area contributed by atoms with Crippen molar-refractivity contribution in [2.24, 2.45) is 16.7 Å². The molecule has 0 heterocycles. The number of ether oxygens (including phenoxy) is 2. The van der Waals surface area contributed by atoms with E-state index in [1.165, 1.54) is 0 Å². The average Bonchev–Trinajstić information content (AvgIpc) is 2.81. The molecule has 1 fully saturated rings. The monoisotopic (exact) mass is 374 g/mol. The molecule has 21 heavy (non-hydrogen) atoms. The Morgan fingerprint density at radius 3 is 2.29 bits per heavy atom. The highest BCUT2D eigenvalue weighted by Crippen LogP contribution is 2.73. The molecule has 0 N–H and O–H groups in total. The molecule has 2 rings (SSSR count). The van der Waals surface area contributed by atoms with Gasteiger partial charge in [0.1, 0.15) is 12.4 Å². The smallest absolute Gasteiger partial charge is 0.133 e. The van der Waals surface area contributed by atoms with E-state index in [4.69, 9.17) is 21.1 Å². The maximum absolute atomic E-state index is 6.74. The molecule has 0 aliphatic heterocycles. The van der Waals surface area contributed by atoms with Crippen LogP contribution in [0.25, 0.3) is 0 Å². The highest BCUT2D eigenvalue weighted by atomic mass is 79.9. The number of alkyl halides is 1. The first-order chi connectivity index (χ1) is 9.73. The third-order valence-corrected chi connectivity index (χ3v) is 6.37. The lowest BCUT2D eigenvalue weighted by Crippen LogP contribution is -2.05. The Kier molecular flexibility index (Phi) is 4.97. The van der Waals surface area contributed by atoms with Gasteiger partial charge in [0.2, 0.25) is 0 Å². The number of hydrogen-bond donors (Lipinski definition) is 0. The van der Waals surface area contributed by atoms with E-state index in [0.29, 0.717) is 19.1 Å². The van der Waals surface area contributed by atoms with Gasteiger partial charge in [0.25, 0.3) is 0 Å². The normalized spacial score (nSPS) is 21.1. The van der Waals surface area contributed by atoms with Gasteiger partial charge in [0.15, 0.2) is 0 Å². The van der Waals surface area contributed by atoms with Crippen LogP contribution in [-0.4, -0.2) is 20.3 Å². The Labute approximate surface area is 141 Å². The van der Waals surface area contributed by atoms with Crippen molar-refractivity contribution in [1.29, 1.82) is 0 Å². The van der Waals surface area contributed by atoms with Gasteiger partial charge in [-0.3, -0.25) is 0 Å². The second-order valence-electron chi connectivity index (χ2n) is 6.85. The third kappa shape index (κ3) is 3.11. The highest BCUT2D eigenvalue weighted by Gasteiger charge is 2.67. The lowest BCUT2D eigenvalue weighted by molar-refractivity contribution is 0.146. The van der Waals surface area contributed by atoms with Gasteiger partial charge in [-0.15, -0.1) is 11.6 Å². The topological polar surface area (TPSA) is 18.5 Å². The van der Waals surface area contributed by atoms with Crippen LogP contribution in [0.15, 0.2) is 22.7 Å². The van der Waals surface area contributed by atoms with Crippen molar-refractivity contribution in [2.75, 3.05) is 20.3 Å². The van der Waals surface area contributed by atoms with Crippen molar-refractivity contribution in [2.45, 2.75) is 33.1 Å². The fourth-order valence-corrected chi connectivity index (χ4v) is 4.49. The quantitative estimate of drug-likeness (QED) is 0.487. The van der Waals surface area contributed by atoms with E-state index < -0.39 is 0 Å². The maximum atomic E-state index is 6.74. The molecule has 1 aromatic rings. The Morgan fingerprint density at radius 2 is 1.81 bits per heavy atom. The summed E-state index contributed by atoms with van der Waals surface area (Å²) in [6, 6.07) is 6.12. The minimum Gasteiger partial charge on any atom is -0.490 e. The van der Waals surface area contributed by atoms with E-state index in [0.717, 1.165) is 15.8 Å². The number of hydrogen-bond acceptors (Lipinski definition) is 2. The third-order valence-electron chi connectivity index (χ3n) is 5.24. The zero-order valence-electron chi connectivity index (χ0n) is 13.4. The SMILES string of the molecule is COCCOc1ccc(C(Cl)C2C(C)(C)C2(C)C)cc1Br. The Bertz CT molecular complexity index is 500. The molecule has 0 amide bonds. The number of benzene rings is 1. The minimum absolute atomic E-state index is 0.0272. The molecule has 2 nitrogen and oxygen atoms in total. The molecule has 118 valence electrons. The van der Waals surface area contributed by atoms with E-state index in [-0.39, 0.29) is 16.2 Å². The molecule has 0 spiro atoms. The van der Waals surface area contributed by atoms with E-state index in [1.54, 1.807) is 7.11 Å². The molecule has 4 heteroatoms. The van der Waals surface area contributed by atoms with E-state index in [9.17, 15) is 0 Å². The van der Waals surface area contributed by atoms with Gasteiger partial charge in [0.05, 0.1) is 16.5 Å². The van der Waals surface area contributed by atoms with Crippen LogP contribution < -0.4 is 4.74 Å². The molecule has 1 saturated carbocycles. The van der Waals surface area contributed by atoms with Crippen LogP contribution in [0, 0.1) is 16.7 Å². The van der Waals surface area contributed by atoms with Gasteiger partial charge < -0.3 is 9.47 Å². The van der Waals surface area contributed by atoms with Crippen LogP contribution in [0.2, 0.25) is 0 Å². The fourth-order valence-electron chi connectivity index (χ4n) is 3.21. The summed E-state index contributed by atoms with van der Waals surface area (Å²) >= 11 is 10.3. The predicted octanol–water partition coefficient (Wildman–Crippen LogP) is 5.44. The van der Waals surface area contributed by atoms with Crippen molar-refractivity contribution in [3.05, 3.63) is 28.2 Å². The Morgan fingerprint density at radius 1 is 1.19 bits per heavy atom. The van der Waals surface area contributed by atoms with Crippen LogP contribution in [0.4, 0.5) is 0 Å². The van der Waals surface area contributed by atoms with Crippen molar-refractivity contribution >= 4 is 27.5 Å². The molecule has 1 aliphatic carbocycles. The van der Waals surface area contributed by atoms with Crippen LogP contribution in [-0.2, 0) is 4.74 Å². The summed E-state index contributed by atoms with van der Waals surface area (Å²) in [6.45, 7) is 10.3. The van der Waals surface area contributed by atoms with Crippen LogP contribution in [0.5, 0.6) is 5.75 Å². The molecular formula is C17H24BrClO2. The second kappa shape index (κ2) is 6.10. The Hall–Kier alpha value is -0.250. The van der Waals surface area contributed by atoms with Crippen LogP contribution in [0.1, 0.15) is 38.6 Å². The first-order valence-corrected chi connectivity index (χ1v) is 8.51. The van der Waals surface area contributed by atoms with Gasteiger partial charge >= 0.3 is 0 Å². The van der Waals surface area contributed by atoms with Gasteiger partial charge in [-0.2, -0.15) is 0 Å². The summed E-state index contributed by atoms with van der Waals surface area (Å²) < 4.78 is 11.6. The van der Waals surface area contributed by atoms with Gasteiger partial charge in [-0.05, 0) is 50.4 Å². The molecule has 1 unspecified atom stereocenters. The molecule has 0 aromatic heterocycles. The van der Waals surface area contributed by atoms with Gasteiger partial charge in [0, 0.05) is 7.11 Å². The molecule has 1 aliphatic rings. The van der Waals surface area contributed by atoms with E-state index in [2.05, 4.69) is 55.8 Å². The molecule has 1 atom stereocenters. The summed E-state index contributed by atoms with van der Waals surface area (Å²) in [4.78, 5) is 0. The Balaban J connectivity index is 2.10. The first-order valence-electron chi connectivity index (χ1n) is 7.28. The van der Waals surface area contributed by atoms with Crippen LogP contribution >= 0.6 is 27.5 Å². The summed E-state index contributed by atoms with van der Waals surface area (Å²) in [5.74, 6) is 1.31. The van der Waals surface area contributed by atoms with Crippen molar-refractivity contribution in [3.8, 4) is 5.75 Å². The zero-order chi connectivity index (χ0) is 15.8. The summed E-state index contributed by atoms with van der Waals surface area (Å²) in [5, 5.41) is 0.0272. The maximum Gasteiger partial charge on any atom is 0.133 e. The fraction of sp³-hybridized carbons (Fsp3) is 0.647. The first kappa shape index (κ1) is 17.1. The average molecular weight is 376 g/mol. The predicted molar refractivity (Wildman–Crippen MR) is 91.2 cm³/mol. The number of halogens is 2. The largest absolute Gasteiger partial charge is 0.490 e. The van der Waals surface area contributed by atoms with Crippen molar-refractivity contribution in [3.63, 3.8) is 0 Å². The highest BCUT2D eigenvalue weighted by molar-refractivity contribution is 9.10. The molecule has 0 radical (unpaired) electrons. The van der Waals surface area contributed by atoms with Crippen molar-refractivity contribution in [1.82, 2.24) is 0 Å². The lowest BCUT2D eigenvalue weighted by atomic mass is 10.0. The number of methoxy groups -OCH3 is 1. The summed E-state index contributed by atoms with van der Waals surface area (Å²) in [6.07, 6.45) is 0. The van der Waals surface area contributed by atoms with Gasteiger partial charge in [-0.1, -0.05) is 33.8 Å². The lowest BCUT2D eigenvalue weighted by Gasteiger charge is -2.14. The van der Waals surface area contributed by atoms with Gasteiger partial charge in [-0.25, -0.2) is 0 Å². The molecular weight excluding hydrogens is 352 g/mol. The van der Waals surface area contributed by atoms with Crippen molar-refractivity contribution < 1.29 is 9.47 Å². The zero-order valence-corrected chi connectivity index (χ0v) is 15.7. The number of rotatable bonds is 6. The van der Waals surface area contributed by atoms with Crippen LogP contribution in [0.3, 0.4) is 0 Å². The standard InChI is InChI=1S/C17H24BrClO2/c1-16(2)15(17(16,3)4)14(19)11-6-7-13(12(18)10-11)21-9-8-20-5/h6-7,10,14-15H,8-9H2,1-5H3. The molecule has 0 saturated heterocycles. The van der Waals surface area contributed by atoms with E-state index in [1.807, 2.05) is 6.07 Å².